The lowest BCUT2D eigenvalue weighted by atomic mass is 10.1. The standard InChI is InChI=1S/C19H18ClN5O2S/c20-14-6-8-15(9-7-14)25-16(12-13-4-2-1-3-5-13)23-24-19(25)28-11-10-17(26)22-18(21)27/h1-9H,10-12H2,(H3,21,22,26,27). The molecule has 0 fully saturated rings. The molecule has 0 bridgehead atoms. The Morgan fingerprint density at radius 1 is 1.07 bits per heavy atom. The first-order valence-corrected chi connectivity index (χ1v) is 9.85. The predicted molar refractivity (Wildman–Crippen MR) is 109 cm³/mol. The molecule has 144 valence electrons. The maximum atomic E-state index is 11.6. The van der Waals surface area contributed by atoms with E-state index in [9.17, 15) is 9.59 Å². The van der Waals surface area contributed by atoms with Gasteiger partial charge in [-0.1, -0.05) is 53.7 Å². The molecule has 0 radical (unpaired) electrons. The molecule has 0 aliphatic carbocycles. The average Bonchev–Trinajstić information content (AvgIpc) is 3.05. The Morgan fingerprint density at radius 2 is 1.79 bits per heavy atom. The second-order valence-electron chi connectivity index (χ2n) is 5.88. The third-order valence-corrected chi connectivity index (χ3v) is 5.00. The summed E-state index contributed by atoms with van der Waals surface area (Å²) in [6.45, 7) is 0. The fraction of sp³-hybridized carbons (Fsp3) is 0.158. The van der Waals surface area contributed by atoms with Gasteiger partial charge in [0.25, 0.3) is 0 Å². The number of hydrogen-bond donors (Lipinski definition) is 2. The smallest absolute Gasteiger partial charge is 0.318 e. The lowest BCUT2D eigenvalue weighted by Gasteiger charge is -2.10. The van der Waals surface area contributed by atoms with Gasteiger partial charge >= 0.3 is 6.03 Å². The highest BCUT2D eigenvalue weighted by atomic mass is 35.5. The van der Waals surface area contributed by atoms with Crippen LogP contribution in [0.25, 0.3) is 5.69 Å². The molecule has 0 unspecified atom stereocenters. The Bertz CT molecular complexity index is 960. The molecule has 28 heavy (non-hydrogen) atoms. The number of carbonyl (C=O) groups excluding carboxylic acids is 2. The highest BCUT2D eigenvalue weighted by molar-refractivity contribution is 7.99. The Morgan fingerprint density at radius 3 is 2.46 bits per heavy atom. The van der Waals surface area contributed by atoms with Crippen molar-refractivity contribution >= 4 is 35.3 Å². The molecule has 3 rings (SSSR count). The van der Waals surface area contributed by atoms with Crippen molar-refractivity contribution in [2.75, 3.05) is 5.75 Å². The first-order chi connectivity index (χ1) is 13.5. The maximum Gasteiger partial charge on any atom is 0.318 e. The molecular formula is C19H18ClN5O2S. The van der Waals surface area contributed by atoms with Gasteiger partial charge in [-0.05, 0) is 29.8 Å². The number of benzene rings is 2. The molecule has 3 N–H and O–H groups in total. The summed E-state index contributed by atoms with van der Waals surface area (Å²) in [7, 11) is 0. The van der Waals surface area contributed by atoms with Crippen molar-refractivity contribution in [2.24, 2.45) is 5.73 Å². The molecule has 0 atom stereocenters. The topological polar surface area (TPSA) is 103 Å². The van der Waals surface area contributed by atoms with Gasteiger partial charge in [0.1, 0.15) is 5.82 Å². The summed E-state index contributed by atoms with van der Waals surface area (Å²) in [5, 5.41) is 12.0. The first-order valence-electron chi connectivity index (χ1n) is 8.49. The number of aromatic nitrogens is 3. The second-order valence-corrected chi connectivity index (χ2v) is 7.38. The molecule has 7 nitrogen and oxygen atoms in total. The molecule has 2 aromatic carbocycles. The van der Waals surface area contributed by atoms with Crippen LogP contribution in [0.1, 0.15) is 17.8 Å². The largest absolute Gasteiger partial charge is 0.351 e. The number of hydrogen-bond acceptors (Lipinski definition) is 5. The van der Waals surface area contributed by atoms with Crippen molar-refractivity contribution in [2.45, 2.75) is 18.0 Å². The van der Waals surface area contributed by atoms with Crippen LogP contribution in [0.4, 0.5) is 4.79 Å². The summed E-state index contributed by atoms with van der Waals surface area (Å²) in [6.07, 6.45) is 0.744. The summed E-state index contributed by atoms with van der Waals surface area (Å²) < 4.78 is 1.94. The number of urea groups is 1. The van der Waals surface area contributed by atoms with Crippen LogP contribution < -0.4 is 11.1 Å². The number of amides is 3. The Balaban J connectivity index is 1.82. The van der Waals surface area contributed by atoms with E-state index in [1.54, 1.807) is 12.1 Å². The van der Waals surface area contributed by atoms with Crippen LogP contribution in [0.15, 0.2) is 59.8 Å². The molecular weight excluding hydrogens is 398 g/mol. The lowest BCUT2D eigenvalue weighted by Crippen LogP contribution is -2.35. The number of nitrogens with two attached hydrogens (primary N) is 1. The van der Waals surface area contributed by atoms with Gasteiger partial charge in [-0.2, -0.15) is 0 Å². The van der Waals surface area contributed by atoms with Crippen molar-refractivity contribution < 1.29 is 9.59 Å². The van der Waals surface area contributed by atoms with E-state index in [1.807, 2.05) is 52.3 Å². The highest BCUT2D eigenvalue weighted by Gasteiger charge is 2.16. The molecule has 0 aliphatic heterocycles. The van der Waals surface area contributed by atoms with E-state index in [0.717, 1.165) is 17.1 Å². The fourth-order valence-corrected chi connectivity index (χ4v) is 3.61. The molecule has 9 heteroatoms. The number of carbonyl (C=O) groups is 2. The van der Waals surface area contributed by atoms with E-state index in [4.69, 9.17) is 17.3 Å². The quantitative estimate of drug-likeness (QED) is 0.577. The minimum Gasteiger partial charge on any atom is -0.351 e. The van der Waals surface area contributed by atoms with Crippen LogP contribution in [0, 0.1) is 0 Å². The van der Waals surface area contributed by atoms with Gasteiger partial charge in [0, 0.05) is 29.3 Å². The maximum absolute atomic E-state index is 11.6. The molecule has 0 saturated heterocycles. The first kappa shape index (κ1) is 19.9. The molecule has 0 saturated carbocycles. The van der Waals surface area contributed by atoms with Crippen LogP contribution in [-0.2, 0) is 11.2 Å². The van der Waals surface area contributed by atoms with Gasteiger partial charge in [0.2, 0.25) is 5.91 Å². The molecule has 3 amide bonds. The molecule has 0 spiro atoms. The number of rotatable bonds is 7. The van der Waals surface area contributed by atoms with Gasteiger partial charge in [0.05, 0.1) is 0 Å². The summed E-state index contributed by atoms with van der Waals surface area (Å²) in [5.41, 5.74) is 6.94. The SMILES string of the molecule is NC(=O)NC(=O)CCSc1nnc(Cc2ccccc2)n1-c1ccc(Cl)cc1. The third kappa shape index (κ3) is 5.34. The highest BCUT2D eigenvalue weighted by Crippen LogP contribution is 2.25. The van der Waals surface area contributed by atoms with Gasteiger partial charge in [-0.3, -0.25) is 14.7 Å². The number of imide groups is 1. The summed E-state index contributed by atoms with van der Waals surface area (Å²) in [4.78, 5) is 22.3. The number of nitrogens with one attached hydrogen (secondary N) is 1. The van der Waals surface area contributed by atoms with Gasteiger partial charge in [-0.15, -0.1) is 10.2 Å². The van der Waals surface area contributed by atoms with E-state index in [-0.39, 0.29) is 6.42 Å². The zero-order chi connectivity index (χ0) is 19.9. The Kier molecular flexibility index (Phi) is 6.67. The van der Waals surface area contributed by atoms with Crippen LogP contribution in [0.2, 0.25) is 5.02 Å². The van der Waals surface area contributed by atoms with Crippen LogP contribution in [0.3, 0.4) is 0 Å². The number of primary amides is 1. The summed E-state index contributed by atoms with van der Waals surface area (Å²) in [6, 6.07) is 16.5. The normalized spacial score (nSPS) is 10.6. The van der Waals surface area contributed by atoms with Crippen LogP contribution in [-0.4, -0.2) is 32.5 Å². The van der Waals surface area contributed by atoms with Crippen molar-refractivity contribution in [3.05, 3.63) is 71.0 Å². The van der Waals surface area contributed by atoms with E-state index in [1.165, 1.54) is 11.8 Å². The summed E-state index contributed by atoms with van der Waals surface area (Å²) >= 11 is 7.39. The predicted octanol–water partition coefficient (Wildman–Crippen LogP) is 3.19. The van der Waals surface area contributed by atoms with Crippen molar-refractivity contribution in [3.8, 4) is 5.69 Å². The number of thioether (sulfide) groups is 1. The fourth-order valence-electron chi connectivity index (χ4n) is 2.57. The van der Waals surface area contributed by atoms with Crippen LogP contribution >= 0.6 is 23.4 Å². The molecule has 1 aromatic heterocycles. The minimum atomic E-state index is -0.857. The molecule has 3 aromatic rings. The van der Waals surface area contributed by atoms with Gasteiger partial charge < -0.3 is 5.73 Å². The van der Waals surface area contributed by atoms with E-state index in [2.05, 4.69) is 10.2 Å². The second kappa shape index (κ2) is 9.38. The van der Waals surface area contributed by atoms with E-state index < -0.39 is 11.9 Å². The van der Waals surface area contributed by atoms with Crippen LogP contribution in [0.5, 0.6) is 0 Å². The zero-order valence-electron chi connectivity index (χ0n) is 14.8. The third-order valence-electron chi connectivity index (χ3n) is 3.81. The molecule has 1 heterocycles. The number of nitrogens with zero attached hydrogens (tertiary/aromatic N) is 3. The van der Waals surface area contributed by atoms with E-state index >= 15 is 0 Å². The Labute approximate surface area is 171 Å². The van der Waals surface area contributed by atoms with Crippen molar-refractivity contribution in [1.29, 1.82) is 0 Å². The minimum absolute atomic E-state index is 0.134. The Hall–Kier alpha value is -2.84. The molecule has 0 aliphatic rings. The van der Waals surface area contributed by atoms with Gasteiger partial charge in [-0.25, -0.2) is 4.79 Å². The van der Waals surface area contributed by atoms with Crippen molar-refractivity contribution in [3.63, 3.8) is 0 Å². The summed E-state index contributed by atoms with van der Waals surface area (Å²) in [5.74, 6) is 0.774. The van der Waals surface area contributed by atoms with E-state index in [0.29, 0.717) is 22.4 Å². The monoisotopic (exact) mass is 415 g/mol. The average molecular weight is 416 g/mol. The van der Waals surface area contributed by atoms with Gasteiger partial charge in [0.15, 0.2) is 5.16 Å². The van der Waals surface area contributed by atoms with Crippen molar-refractivity contribution in [1.82, 2.24) is 20.1 Å². The lowest BCUT2D eigenvalue weighted by molar-refractivity contribution is -0.119. The zero-order valence-corrected chi connectivity index (χ0v) is 16.4. The number of halogens is 1.